The van der Waals surface area contributed by atoms with Crippen LogP contribution in [0.2, 0.25) is 0 Å². The number of methoxy groups -OCH3 is 1. The van der Waals surface area contributed by atoms with Gasteiger partial charge in [-0.2, -0.15) is 0 Å². The van der Waals surface area contributed by atoms with Gasteiger partial charge in [-0.1, -0.05) is 0 Å². The Morgan fingerprint density at radius 3 is 2.57 bits per heavy atom. The first kappa shape index (κ1) is 6.69. The minimum absolute atomic E-state index is 0.461. The molecule has 0 aromatic heterocycles. The van der Waals surface area contributed by atoms with E-state index in [-0.39, 0.29) is 0 Å². The van der Waals surface area contributed by atoms with Gasteiger partial charge in [-0.25, -0.2) is 0 Å². The van der Waals surface area contributed by atoms with Gasteiger partial charge in [-0.3, -0.25) is 0 Å². The van der Waals surface area contributed by atoms with Crippen LogP contribution >= 0.6 is 12.2 Å². The van der Waals surface area contributed by atoms with Crippen molar-refractivity contribution in [1.29, 1.82) is 0 Å². The highest BCUT2D eigenvalue weighted by atomic mass is 32.1. The molecule has 0 unspecified atom stereocenters. The third-order valence-corrected chi connectivity index (χ3v) is 0.818. The molecule has 0 aliphatic rings. The van der Waals surface area contributed by atoms with Gasteiger partial charge in [-0.15, -0.1) is 0 Å². The van der Waals surface area contributed by atoms with Crippen molar-refractivity contribution in [3.05, 3.63) is 0 Å². The van der Waals surface area contributed by atoms with Gasteiger partial charge in [0.25, 0.3) is 5.17 Å². The van der Waals surface area contributed by atoms with E-state index < -0.39 is 0 Å². The predicted octanol–water partition coefficient (Wildman–Crippen LogP) is 0.527. The molecule has 1 N–H and O–H groups in total. The molecule has 0 radical (unpaired) electrons. The molecule has 0 rings (SSSR count). The number of hydrogen-bond donors (Lipinski definition) is 1. The van der Waals surface area contributed by atoms with Gasteiger partial charge in [0, 0.05) is 6.54 Å². The second kappa shape index (κ2) is 3.87. The molecule has 0 heterocycles. The fourth-order valence-electron chi connectivity index (χ4n) is 0.217. The Kier molecular flexibility index (Phi) is 3.69. The molecule has 2 nitrogen and oxygen atoms in total. The SMILES string of the molecule is CCNC(=S)OC. The molecule has 0 bridgehead atoms. The summed E-state index contributed by atoms with van der Waals surface area (Å²) in [4.78, 5) is 0. The quantitative estimate of drug-likeness (QED) is 0.509. The molecule has 0 aliphatic carbocycles. The predicted molar refractivity (Wildman–Crippen MR) is 33.3 cm³/mol. The smallest absolute Gasteiger partial charge is 0.256 e. The summed E-state index contributed by atoms with van der Waals surface area (Å²) in [5.41, 5.74) is 0. The molecular weight excluding hydrogens is 110 g/mol. The highest BCUT2D eigenvalue weighted by Crippen LogP contribution is 1.68. The molecule has 0 amide bonds. The highest BCUT2D eigenvalue weighted by molar-refractivity contribution is 7.80. The molecule has 0 aromatic carbocycles. The lowest BCUT2D eigenvalue weighted by atomic mass is 10.8. The van der Waals surface area contributed by atoms with E-state index in [4.69, 9.17) is 0 Å². The van der Waals surface area contributed by atoms with Crippen LogP contribution in [-0.4, -0.2) is 18.8 Å². The zero-order valence-corrected chi connectivity index (χ0v) is 5.34. The van der Waals surface area contributed by atoms with Crippen molar-refractivity contribution in [3.63, 3.8) is 0 Å². The first-order valence-electron chi connectivity index (χ1n) is 2.13. The highest BCUT2D eigenvalue weighted by Gasteiger charge is 1.83. The Hall–Kier alpha value is -0.310. The normalized spacial score (nSPS) is 7.71. The number of hydrogen-bond acceptors (Lipinski definition) is 2. The molecule has 0 aromatic rings. The summed E-state index contributed by atoms with van der Waals surface area (Å²) >= 11 is 4.62. The van der Waals surface area contributed by atoms with Crippen molar-refractivity contribution in [2.45, 2.75) is 6.92 Å². The molecule has 7 heavy (non-hydrogen) atoms. The monoisotopic (exact) mass is 119 g/mol. The van der Waals surface area contributed by atoms with Crippen LogP contribution in [0.4, 0.5) is 0 Å². The second-order valence-electron chi connectivity index (χ2n) is 1.02. The largest absolute Gasteiger partial charge is 0.474 e. The molecule has 0 atom stereocenters. The van der Waals surface area contributed by atoms with Crippen LogP contribution < -0.4 is 5.32 Å². The lowest BCUT2D eigenvalue weighted by molar-refractivity contribution is 0.394. The maximum Gasteiger partial charge on any atom is 0.256 e. The summed E-state index contributed by atoms with van der Waals surface area (Å²) in [6, 6.07) is 0. The van der Waals surface area contributed by atoms with Gasteiger partial charge >= 0.3 is 0 Å². The topological polar surface area (TPSA) is 21.3 Å². The summed E-state index contributed by atoms with van der Waals surface area (Å²) < 4.78 is 4.61. The average molecular weight is 119 g/mol. The van der Waals surface area contributed by atoms with E-state index >= 15 is 0 Å². The lowest BCUT2D eigenvalue weighted by Crippen LogP contribution is -2.21. The first-order chi connectivity index (χ1) is 3.31. The second-order valence-corrected chi connectivity index (χ2v) is 1.39. The van der Waals surface area contributed by atoms with Gasteiger partial charge < -0.3 is 10.1 Å². The number of nitrogens with one attached hydrogen (secondary N) is 1. The standard InChI is InChI=1S/C4H9NOS/c1-3-5-4(7)6-2/h3H2,1-2H3,(H,5,7). The minimum Gasteiger partial charge on any atom is -0.474 e. The summed E-state index contributed by atoms with van der Waals surface area (Å²) in [6.07, 6.45) is 0. The number of rotatable bonds is 1. The van der Waals surface area contributed by atoms with Crippen molar-refractivity contribution in [3.8, 4) is 0 Å². The Balaban J connectivity index is 3.00. The van der Waals surface area contributed by atoms with Crippen LogP contribution in [0, 0.1) is 0 Å². The third-order valence-electron chi connectivity index (χ3n) is 0.507. The van der Waals surface area contributed by atoms with E-state index in [0.29, 0.717) is 5.17 Å². The van der Waals surface area contributed by atoms with Crippen molar-refractivity contribution < 1.29 is 4.74 Å². The minimum atomic E-state index is 0.461. The molecule has 42 valence electrons. The van der Waals surface area contributed by atoms with Crippen LogP contribution in [0.25, 0.3) is 0 Å². The van der Waals surface area contributed by atoms with Gasteiger partial charge in [0.15, 0.2) is 0 Å². The summed E-state index contributed by atoms with van der Waals surface area (Å²) in [5, 5.41) is 3.27. The van der Waals surface area contributed by atoms with E-state index in [1.807, 2.05) is 6.92 Å². The zero-order valence-electron chi connectivity index (χ0n) is 4.52. The van der Waals surface area contributed by atoms with Gasteiger partial charge in [0.2, 0.25) is 0 Å². The summed E-state index contributed by atoms with van der Waals surface area (Å²) in [7, 11) is 1.55. The van der Waals surface area contributed by atoms with Crippen molar-refractivity contribution in [2.24, 2.45) is 0 Å². The molecular formula is C4H9NOS. The third kappa shape index (κ3) is 3.52. The van der Waals surface area contributed by atoms with E-state index in [2.05, 4.69) is 22.3 Å². The Morgan fingerprint density at radius 1 is 1.86 bits per heavy atom. The Morgan fingerprint density at radius 2 is 2.43 bits per heavy atom. The van der Waals surface area contributed by atoms with Gasteiger partial charge in [0.05, 0.1) is 7.11 Å². The van der Waals surface area contributed by atoms with E-state index in [1.165, 1.54) is 0 Å². The van der Waals surface area contributed by atoms with Crippen molar-refractivity contribution in [2.75, 3.05) is 13.7 Å². The van der Waals surface area contributed by atoms with Crippen LogP contribution in [0.15, 0.2) is 0 Å². The maximum atomic E-state index is 4.62. The first-order valence-corrected chi connectivity index (χ1v) is 2.54. The van der Waals surface area contributed by atoms with E-state index in [1.54, 1.807) is 7.11 Å². The molecule has 0 saturated heterocycles. The average Bonchev–Trinajstić information content (AvgIpc) is 1.68. The fraction of sp³-hybridized carbons (Fsp3) is 0.750. The van der Waals surface area contributed by atoms with Crippen LogP contribution in [-0.2, 0) is 4.74 Å². The molecule has 0 spiro atoms. The number of ether oxygens (including phenoxy) is 1. The summed E-state index contributed by atoms with van der Waals surface area (Å²) in [6.45, 7) is 2.79. The van der Waals surface area contributed by atoms with E-state index in [0.717, 1.165) is 6.54 Å². The molecule has 0 aliphatic heterocycles. The molecule has 0 fully saturated rings. The zero-order chi connectivity index (χ0) is 5.70. The van der Waals surface area contributed by atoms with Crippen molar-refractivity contribution >= 4 is 17.4 Å². The summed E-state index contributed by atoms with van der Waals surface area (Å²) in [5.74, 6) is 0. The van der Waals surface area contributed by atoms with Crippen LogP contribution in [0.1, 0.15) is 6.92 Å². The lowest BCUT2D eigenvalue weighted by Gasteiger charge is -1.99. The fourth-order valence-corrected chi connectivity index (χ4v) is 0.361. The van der Waals surface area contributed by atoms with Crippen LogP contribution in [0.5, 0.6) is 0 Å². The number of thiocarbonyl (C=S) groups is 1. The van der Waals surface area contributed by atoms with Gasteiger partial charge in [-0.05, 0) is 19.1 Å². The van der Waals surface area contributed by atoms with Gasteiger partial charge in [0.1, 0.15) is 0 Å². The Labute approximate surface area is 48.9 Å². The van der Waals surface area contributed by atoms with E-state index in [9.17, 15) is 0 Å². The molecule has 0 saturated carbocycles. The maximum absolute atomic E-state index is 4.62. The van der Waals surface area contributed by atoms with Crippen molar-refractivity contribution in [1.82, 2.24) is 5.32 Å². The van der Waals surface area contributed by atoms with Crippen LogP contribution in [0.3, 0.4) is 0 Å². The Bertz CT molecular complexity index is 64.7. The molecule has 3 heteroatoms.